The van der Waals surface area contributed by atoms with Crippen molar-refractivity contribution in [2.75, 3.05) is 0 Å². The van der Waals surface area contributed by atoms with Crippen LogP contribution in [0.5, 0.6) is 0 Å². The van der Waals surface area contributed by atoms with Crippen molar-refractivity contribution >= 4 is 28.9 Å². The average molecular weight is 387 g/mol. The molecule has 0 amide bonds. The van der Waals surface area contributed by atoms with E-state index in [-0.39, 0.29) is 11.4 Å². The van der Waals surface area contributed by atoms with E-state index in [4.69, 9.17) is 4.42 Å². The molecule has 0 aliphatic rings. The van der Waals surface area contributed by atoms with Crippen molar-refractivity contribution in [2.24, 2.45) is 0 Å². The van der Waals surface area contributed by atoms with Gasteiger partial charge in [-0.1, -0.05) is 29.8 Å². The summed E-state index contributed by atoms with van der Waals surface area (Å²) in [5.74, 6) is 0.355. The van der Waals surface area contributed by atoms with Crippen LogP contribution in [0.3, 0.4) is 0 Å². The van der Waals surface area contributed by atoms with Crippen molar-refractivity contribution in [2.45, 2.75) is 13.8 Å². The number of hydrogen-bond donors (Lipinski definition) is 0. The van der Waals surface area contributed by atoms with Crippen LogP contribution in [-0.2, 0) is 0 Å². The Hall–Kier alpha value is -4.00. The monoisotopic (exact) mass is 387 g/mol. The zero-order valence-electron chi connectivity index (χ0n) is 15.8. The predicted octanol–water partition coefficient (Wildman–Crippen LogP) is 4.67. The number of para-hydroxylation sites is 1. The summed E-state index contributed by atoms with van der Waals surface area (Å²) in [6.07, 6.45) is 3.18. The van der Waals surface area contributed by atoms with Gasteiger partial charge in [0.25, 0.3) is 5.56 Å². The Morgan fingerprint density at radius 2 is 1.86 bits per heavy atom. The first-order valence-corrected chi connectivity index (χ1v) is 8.96. The highest BCUT2D eigenvalue weighted by molar-refractivity contribution is 5.80. The van der Waals surface area contributed by atoms with Crippen LogP contribution in [-0.4, -0.2) is 14.5 Å². The second kappa shape index (κ2) is 7.20. The predicted molar refractivity (Wildman–Crippen MR) is 111 cm³/mol. The molecule has 0 atom stereocenters. The number of aryl methyl sites for hydroxylation is 2. The first kappa shape index (κ1) is 18.4. The third kappa shape index (κ3) is 3.45. The standard InChI is InChI=1S/C22H17N3O4/c1-14-7-10-19(15(2)13-14)24-20(11-8-16-9-12-21(29-16)25(27)28)23-18-6-4-3-5-17(18)22(24)26/h3-13H,1-2H3/b11-8+. The molecule has 4 rings (SSSR count). The molecular weight excluding hydrogens is 370 g/mol. The highest BCUT2D eigenvalue weighted by Gasteiger charge is 2.14. The second-order valence-electron chi connectivity index (χ2n) is 6.68. The molecule has 2 aromatic heterocycles. The van der Waals surface area contributed by atoms with Crippen LogP contribution in [0, 0.1) is 24.0 Å². The van der Waals surface area contributed by atoms with Crippen LogP contribution >= 0.6 is 0 Å². The van der Waals surface area contributed by atoms with E-state index in [0.29, 0.717) is 22.5 Å². The minimum Gasteiger partial charge on any atom is -0.401 e. The number of rotatable bonds is 4. The zero-order chi connectivity index (χ0) is 20.5. The number of benzene rings is 2. The van der Waals surface area contributed by atoms with Crippen LogP contribution in [0.2, 0.25) is 0 Å². The van der Waals surface area contributed by atoms with Crippen molar-refractivity contribution < 1.29 is 9.34 Å². The van der Waals surface area contributed by atoms with Gasteiger partial charge in [-0.2, -0.15) is 0 Å². The van der Waals surface area contributed by atoms with Gasteiger partial charge in [-0.25, -0.2) is 4.98 Å². The summed E-state index contributed by atoms with van der Waals surface area (Å²) >= 11 is 0. The summed E-state index contributed by atoms with van der Waals surface area (Å²) in [5, 5.41) is 11.3. The molecule has 144 valence electrons. The Labute approximate surface area is 165 Å². The molecule has 0 aliphatic heterocycles. The molecule has 0 bridgehead atoms. The van der Waals surface area contributed by atoms with Crippen molar-refractivity contribution in [3.05, 3.63) is 97.8 Å². The number of nitro groups is 1. The SMILES string of the molecule is Cc1ccc(-n2c(/C=C/c3ccc([N+](=O)[O-])o3)nc3ccccc3c2=O)c(C)c1. The maximum atomic E-state index is 13.3. The lowest BCUT2D eigenvalue weighted by Crippen LogP contribution is -2.23. The minimum atomic E-state index is -0.600. The summed E-state index contributed by atoms with van der Waals surface area (Å²) in [6.45, 7) is 3.93. The van der Waals surface area contributed by atoms with E-state index in [0.717, 1.165) is 16.8 Å². The Morgan fingerprint density at radius 3 is 2.59 bits per heavy atom. The summed E-state index contributed by atoms with van der Waals surface area (Å²) in [5.41, 5.74) is 3.14. The molecule has 0 spiro atoms. The van der Waals surface area contributed by atoms with E-state index in [1.54, 1.807) is 34.9 Å². The lowest BCUT2D eigenvalue weighted by Gasteiger charge is -2.14. The smallest absolute Gasteiger partial charge is 0.401 e. The van der Waals surface area contributed by atoms with E-state index >= 15 is 0 Å². The van der Waals surface area contributed by atoms with Crippen LogP contribution < -0.4 is 5.56 Å². The summed E-state index contributed by atoms with van der Waals surface area (Å²) < 4.78 is 6.72. The second-order valence-corrected chi connectivity index (χ2v) is 6.68. The molecular formula is C22H17N3O4. The highest BCUT2D eigenvalue weighted by Crippen LogP contribution is 2.21. The molecule has 0 unspecified atom stereocenters. The normalized spacial score (nSPS) is 11.4. The first-order valence-electron chi connectivity index (χ1n) is 8.96. The molecule has 2 heterocycles. The van der Waals surface area contributed by atoms with Gasteiger partial charge < -0.3 is 4.42 Å². The van der Waals surface area contributed by atoms with Gasteiger partial charge in [0.1, 0.15) is 16.5 Å². The fraction of sp³-hybridized carbons (Fsp3) is 0.0909. The van der Waals surface area contributed by atoms with Gasteiger partial charge in [-0.15, -0.1) is 0 Å². The molecule has 0 radical (unpaired) electrons. The first-order chi connectivity index (χ1) is 13.9. The van der Waals surface area contributed by atoms with Crippen molar-refractivity contribution in [3.8, 4) is 5.69 Å². The quantitative estimate of drug-likeness (QED) is 0.375. The molecule has 7 heteroatoms. The van der Waals surface area contributed by atoms with Gasteiger partial charge in [0.15, 0.2) is 0 Å². The third-order valence-corrected chi connectivity index (χ3v) is 4.58. The Morgan fingerprint density at radius 1 is 1.07 bits per heavy atom. The molecule has 7 nitrogen and oxygen atoms in total. The molecule has 2 aromatic carbocycles. The van der Waals surface area contributed by atoms with E-state index in [1.807, 2.05) is 38.1 Å². The molecule has 29 heavy (non-hydrogen) atoms. The number of fused-ring (bicyclic) bond motifs is 1. The van der Waals surface area contributed by atoms with E-state index in [1.165, 1.54) is 12.1 Å². The van der Waals surface area contributed by atoms with Crippen LogP contribution in [0.4, 0.5) is 5.88 Å². The summed E-state index contributed by atoms with van der Waals surface area (Å²) in [6, 6.07) is 15.7. The lowest BCUT2D eigenvalue weighted by molar-refractivity contribution is -0.402. The van der Waals surface area contributed by atoms with Crippen molar-refractivity contribution in [3.63, 3.8) is 0 Å². The summed E-state index contributed by atoms with van der Waals surface area (Å²) in [7, 11) is 0. The fourth-order valence-electron chi connectivity index (χ4n) is 3.24. The maximum Gasteiger partial charge on any atom is 0.433 e. The number of hydrogen-bond acceptors (Lipinski definition) is 5. The number of furan rings is 1. The topological polar surface area (TPSA) is 91.2 Å². The third-order valence-electron chi connectivity index (χ3n) is 4.58. The molecule has 0 saturated heterocycles. The molecule has 4 aromatic rings. The van der Waals surface area contributed by atoms with Gasteiger partial charge in [0.2, 0.25) is 0 Å². The molecule has 0 saturated carbocycles. The maximum absolute atomic E-state index is 13.3. The number of aromatic nitrogens is 2. The Kier molecular flexibility index (Phi) is 4.56. The highest BCUT2D eigenvalue weighted by atomic mass is 16.6. The van der Waals surface area contributed by atoms with Crippen LogP contribution in [0.1, 0.15) is 22.7 Å². The van der Waals surface area contributed by atoms with Gasteiger partial charge in [-0.05, 0) is 55.8 Å². The minimum absolute atomic E-state index is 0.187. The van der Waals surface area contributed by atoms with E-state index in [2.05, 4.69) is 4.98 Å². The van der Waals surface area contributed by atoms with Crippen molar-refractivity contribution in [1.29, 1.82) is 0 Å². The summed E-state index contributed by atoms with van der Waals surface area (Å²) in [4.78, 5) is 28.1. The van der Waals surface area contributed by atoms with Gasteiger partial charge >= 0.3 is 5.88 Å². The lowest BCUT2D eigenvalue weighted by atomic mass is 10.1. The Bertz CT molecular complexity index is 1330. The molecule has 0 fully saturated rings. The van der Waals surface area contributed by atoms with Crippen LogP contribution in [0.15, 0.2) is 63.8 Å². The fourth-order valence-corrected chi connectivity index (χ4v) is 3.24. The van der Waals surface area contributed by atoms with Gasteiger partial charge in [-0.3, -0.25) is 19.5 Å². The largest absolute Gasteiger partial charge is 0.433 e. The van der Waals surface area contributed by atoms with E-state index < -0.39 is 4.92 Å². The molecule has 0 aliphatic carbocycles. The van der Waals surface area contributed by atoms with E-state index in [9.17, 15) is 14.9 Å². The average Bonchev–Trinajstić information content (AvgIpc) is 3.17. The van der Waals surface area contributed by atoms with Crippen LogP contribution in [0.25, 0.3) is 28.7 Å². The number of nitrogens with zero attached hydrogens (tertiary/aromatic N) is 3. The zero-order valence-corrected chi connectivity index (χ0v) is 15.8. The molecule has 0 N–H and O–H groups in total. The Balaban J connectivity index is 1.92. The van der Waals surface area contributed by atoms with Crippen molar-refractivity contribution in [1.82, 2.24) is 9.55 Å². The van der Waals surface area contributed by atoms with Gasteiger partial charge in [0.05, 0.1) is 22.7 Å². The van der Waals surface area contributed by atoms with Gasteiger partial charge in [0, 0.05) is 0 Å².